The Labute approximate surface area is 102 Å². The third kappa shape index (κ3) is 1.80. The molecule has 0 aliphatic rings. The highest BCUT2D eigenvalue weighted by molar-refractivity contribution is 14.1. The molecule has 2 aromatic rings. The number of aryl methyl sites for hydroxylation is 2. The lowest BCUT2D eigenvalue weighted by atomic mass is 10.1. The topological polar surface area (TPSA) is 22.0 Å². The number of aldehydes is 1. The van der Waals surface area contributed by atoms with Crippen LogP contribution in [-0.2, 0) is 18.3 Å². The fraction of sp³-hybridized carbons (Fsp3) is 0.250. The number of halogens is 1. The van der Waals surface area contributed by atoms with Crippen molar-refractivity contribution in [3.8, 4) is 0 Å². The first kappa shape index (κ1) is 10.7. The van der Waals surface area contributed by atoms with Crippen molar-refractivity contribution in [2.75, 3.05) is 0 Å². The van der Waals surface area contributed by atoms with Gasteiger partial charge in [-0.05, 0) is 40.6 Å². The summed E-state index contributed by atoms with van der Waals surface area (Å²) in [6.07, 6.45) is 2.42. The lowest BCUT2D eigenvalue weighted by molar-refractivity contribution is -0.107. The molecule has 0 aliphatic heterocycles. The molecule has 0 bridgehead atoms. The van der Waals surface area contributed by atoms with Crippen molar-refractivity contribution >= 4 is 39.8 Å². The van der Waals surface area contributed by atoms with Crippen LogP contribution in [0.15, 0.2) is 24.3 Å². The average Bonchev–Trinajstić information content (AvgIpc) is 2.51. The Bertz CT molecular complexity index is 502. The zero-order valence-electron chi connectivity index (χ0n) is 8.53. The molecule has 2 nitrogen and oxygen atoms in total. The molecule has 0 fully saturated rings. The second kappa shape index (κ2) is 4.35. The number of rotatable bonds is 3. The van der Waals surface area contributed by atoms with Gasteiger partial charge in [0.2, 0.25) is 0 Å². The number of hydrogen-bond donors (Lipinski definition) is 0. The SMILES string of the molecule is Cn1c(I)c(CCC=O)c2ccccc21. The summed E-state index contributed by atoms with van der Waals surface area (Å²) < 4.78 is 3.41. The van der Waals surface area contributed by atoms with Gasteiger partial charge in [-0.2, -0.15) is 0 Å². The smallest absolute Gasteiger partial charge is 0.120 e. The highest BCUT2D eigenvalue weighted by Gasteiger charge is 2.11. The van der Waals surface area contributed by atoms with Crippen LogP contribution in [-0.4, -0.2) is 10.9 Å². The van der Waals surface area contributed by atoms with Crippen LogP contribution in [0.5, 0.6) is 0 Å². The van der Waals surface area contributed by atoms with E-state index in [9.17, 15) is 4.79 Å². The number of para-hydroxylation sites is 1. The van der Waals surface area contributed by atoms with Gasteiger partial charge in [-0.15, -0.1) is 0 Å². The normalized spacial score (nSPS) is 10.8. The number of carbonyl (C=O) groups excluding carboxylic acids is 1. The standard InChI is InChI=1S/C12H12INO/c1-14-11-7-3-2-5-9(11)10(12(14)13)6-4-8-15/h2-3,5,7-8H,4,6H2,1H3. The van der Waals surface area contributed by atoms with Crippen molar-refractivity contribution in [1.82, 2.24) is 4.57 Å². The number of hydrogen-bond acceptors (Lipinski definition) is 1. The lowest BCUT2D eigenvalue weighted by Crippen LogP contribution is -1.93. The molecule has 1 heterocycles. The Balaban J connectivity index is 2.61. The van der Waals surface area contributed by atoms with E-state index >= 15 is 0 Å². The molecule has 1 aromatic heterocycles. The van der Waals surface area contributed by atoms with Gasteiger partial charge in [-0.25, -0.2) is 0 Å². The van der Waals surface area contributed by atoms with Crippen LogP contribution < -0.4 is 0 Å². The average molecular weight is 313 g/mol. The third-order valence-corrected chi connectivity index (χ3v) is 4.02. The van der Waals surface area contributed by atoms with Crippen molar-refractivity contribution < 1.29 is 4.79 Å². The molecule has 0 saturated heterocycles. The largest absolute Gasteiger partial charge is 0.339 e. The van der Waals surface area contributed by atoms with Crippen LogP contribution in [0.4, 0.5) is 0 Å². The molecule has 0 saturated carbocycles. The quantitative estimate of drug-likeness (QED) is 0.631. The minimum Gasteiger partial charge on any atom is -0.339 e. The highest BCUT2D eigenvalue weighted by atomic mass is 127. The van der Waals surface area contributed by atoms with Gasteiger partial charge in [0, 0.05) is 24.4 Å². The van der Waals surface area contributed by atoms with Gasteiger partial charge in [0.05, 0.1) is 3.70 Å². The Morgan fingerprint density at radius 3 is 2.87 bits per heavy atom. The van der Waals surface area contributed by atoms with Crippen molar-refractivity contribution in [2.24, 2.45) is 7.05 Å². The van der Waals surface area contributed by atoms with E-state index in [1.807, 2.05) is 12.1 Å². The second-order valence-electron chi connectivity index (χ2n) is 3.55. The zero-order chi connectivity index (χ0) is 10.8. The maximum Gasteiger partial charge on any atom is 0.120 e. The van der Waals surface area contributed by atoms with Gasteiger partial charge in [-0.1, -0.05) is 18.2 Å². The fourth-order valence-electron chi connectivity index (χ4n) is 1.88. The molecule has 3 heteroatoms. The molecule has 0 amide bonds. The molecule has 0 N–H and O–H groups in total. The van der Waals surface area contributed by atoms with E-state index in [0.717, 1.165) is 12.7 Å². The van der Waals surface area contributed by atoms with Gasteiger partial charge in [0.15, 0.2) is 0 Å². The van der Waals surface area contributed by atoms with E-state index in [2.05, 4.69) is 46.3 Å². The van der Waals surface area contributed by atoms with Gasteiger partial charge >= 0.3 is 0 Å². The number of aromatic nitrogens is 1. The monoisotopic (exact) mass is 313 g/mol. The number of nitrogens with zero attached hydrogens (tertiary/aromatic N) is 1. The molecule has 1 aromatic carbocycles. The first-order valence-electron chi connectivity index (χ1n) is 4.91. The van der Waals surface area contributed by atoms with Crippen molar-refractivity contribution in [3.05, 3.63) is 33.5 Å². The van der Waals surface area contributed by atoms with E-state index < -0.39 is 0 Å². The van der Waals surface area contributed by atoms with E-state index in [1.165, 1.54) is 20.2 Å². The molecule has 0 unspecified atom stereocenters. The predicted molar refractivity (Wildman–Crippen MR) is 70.0 cm³/mol. The summed E-state index contributed by atoms with van der Waals surface area (Å²) in [5.74, 6) is 0. The summed E-state index contributed by atoms with van der Waals surface area (Å²) >= 11 is 2.34. The number of benzene rings is 1. The summed E-state index contributed by atoms with van der Waals surface area (Å²) in [6, 6.07) is 8.32. The van der Waals surface area contributed by atoms with Gasteiger partial charge in [0.25, 0.3) is 0 Å². The van der Waals surface area contributed by atoms with Gasteiger partial charge < -0.3 is 9.36 Å². The van der Waals surface area contributed by atoms with Crippen molar-refractivity contribution in [3.63, 3.8) is 0 Å². The molecular weight excluding hydrogens is 301 g/mol. The molecule has 15 heavy (non-hydrogen) atoms. The van der Waals surface area contributed by atoms with E-state index in [4.69, 9.17) is 0 Å². The molecule has 0 atom stereocenters. The van der Waals surface area contributed by atoms with Crippen LogP contribution in [0.3, 0.4) is 0 Å². The molecule has 2 rings (SSSR count). The number of fused-ring (bicyclic) bond motifs is 1. The van der Waals surface area contributed by atoms with E-state index in [1.54, 1.807) is 0 Å². The molecule has 0 radical (unpaired) electrons. The second-order valence-corrected chi connectivity index (χ2v) is 4.57. The molecule has 0 aliphatic carbocycles. The summed E-state index contributed by atoms with van der Waals surface area (Å²) in [4.78, 5) is 10.4. The van der Waals surface area contributed by atoms with Crippen LogP contribution >= 0.6 is 22.6 Å². The summed E-state index contributed by atoms with van der Waals surface area (Å²) in [6.45, 7) is 0. The Morgan fingerprint density at radius 1 is 1.40 bits per heavy atom. The van der Waals surface area contributed by atoms with E-state index in [-0.39, 0.29) is 0 Å². The third-order valence-electron chi connectivity index (χ3n) is 2.65. The molecule has 78 valence electrons. The van der Waals surface area contributed by atoms with Crippen LogP contribution in [0.2, 0.25) is 0 Å². The number of carbonyl (C=O) groups is 1. The maximum absolute atomic E-state index is 10.4. The van der Waals surface area contributed by atoms with Crippen LogP contribution in [0.1, 0.15) is 12.0 Å². The molecular formula is C12H12INO. The van der Waals surface area contributed by atoms with Crippen LogP contribution in [0, 0.1) is 3.70 Å². The van der Waals surface area contributed by atoms with Crippen molar-refractivity contribution in [1.29, 1.82) is 0 Å². The van der Waals surface area contributed by atoms with Gasteiger partial charge in [0.1, 0.15) is 6.29 Å². The highest BCUT2D eigenvalue weighted by Crippen LogP contribution is 2.27. The van der Waals surface area contributed by atoms with Gasteiger partial charge in [-0.3, -0.25) is 0 Å². The summed E-state index contributed by atoms with van der Waals surface area (Å²) in [5.41, 5.74) is 2.53. The van der Waals surface area contributed by atoms with Crippen molar-refractivity contribution in [2.45, 2.75) is 12.8 Å². The van der Waals surface area contributed by atoms with E-state index in [0.29, 0.717) is 6.42 Å². The Morgan fingerprint density at radius 2 is 2.13 bits per heavy atom. The Kier molecular flexibility index (Phi) is 3.09. The minimum atomic E-state index is 0.601. The van der Waals surface area contributed by atoms with Crippen LogP contribution in [0.25, 0.3) is 10.9 Å². The summed E-state index contributed by atoms with van der Waals surface area (Å²) in [5, 5.41) is 1.27. The predicted octanol–water partition coefficient (Wildman–Crippen LogP) is 2.91. The maximum atomic E-state index is 10.4. The Hall–Kier alpha value is -0.840. The molecule has 0 spiro atoms. The lowest BCUT2D eigenvalue weighted by Gasteiger charge is -1.97. The first-order valence-corrected chi connectivity index (χ1v) is 5.99. The zero-order valence-corrected chi connectivity index (χ0v) is 10.7. The minimum absolute atomic E-state index is 0.601. The first-order chi connectivity index (χ1) is 7.25. The fourth-order valence-corrected chi connectivity index (χ4v) is 2.70. The summed E-state index contributed by atoms with van der Waals surface area (Å²) in [7, 11) is 2.06.